The van der Waals surface area contributed by atoms with Crippen LogP contribution in [0.15, 0.2) is 72.8 Å². The van der Waals surface area contributed by atoms with Crippen LogP contribution in [0, 0.1) is 0 Å². The minimum absolute atomic E-state index is 0.0693. The van der Waals surface area contributed by atoms with Crippen molar-refractivity contribution in [2.24, 2.45) is 0 Å². The van der Waals surface area contributed by atoms with E-state index in [0.29, 0.717) is 11.1 Å². The number of fused-ring (bicyclic) bond motifs is 1. The van der Waals surface area contributed by atoms with Gasteiger partial charge < -0.3 is 20.5 Å². The SMILES string of the molecule is O=C(NCC(O)c1ccc(O)cc1)c1ccc2nc(-c3ccccc3)[nH]c2c1. The lowest BCUT2D eigenvalue weighted by molar-refractivity contribution is 0.0916. The molecule has 0 bridgehead atoms. The van der Waals surface area contributed by atoms with Crippen molar-refractivity contribution in [3.63, 3.8) is 0 Å². The Balaban J connectivity index is 1.47. The molecular formula is C22H19N3O3. The summed E-state index contributed by atoms with van der Waals surface area (Å²) in [5.41, 5.74) is 3.62. The van der Waals surface area contributed by atoms with Gasteiger partial charge in [-0.3, -0.25) is 4.79 Å². The summed E-state index contributed by atoms with van der Waals surface area (Å²) < 4.78 is 0. The number of nitrogens with zero attached hydrogens (tertiary/aromatic N) is 1. The van der Waals surface area contributed by atoms with Gasteiger partial charge in [-0.05, 0) is 35.9 Å². The summed E-state index contributed by atoms with van der Waals surface area (Å²) in [4.78, 5) is 20.3. The molecule has 0 saturated heterocycles. The minimum atomic E-state index is -0.856. The van der Waals surface area contributed by atoms with Crippen molar-refractivity contribution in [2.45, 2.75) is 6.10 Å². The Morgan fingerprint density at radius 2 is 1.79 bits per heavy atom. The van der Waals surface area contributed by atoms with Gasteiger partial charge in [0.25, 0.3) is 5.91 Å². The van der Waals surface area contributed by atoms with E-state index in [0.717, 1.165) is 22.4 Å². The van der Waals surface area contributed by atoms with E-state index in [1.807, 2.05) is 30.3 Å². The van der Waals surface area contributed by atoms with Crippen molar-refractivity contribution in [3.8, 4) is 17.1 Å². The van der Waals surface area contributed by atoms with Gasteiger partial charge in [-0.15, -0.1) is 0 Å². The largest absolute Gasteiger partial charge is 0.508 e. The van der Waals surface area contributed by atoms with E-state index < -0.39 is 6.10 Å². The fourth-order valence-corrected chi connectivity index (χ4v) is 2.99. The average molecular weight is 373 g/mol. The van der Waals surface area contributed by atoms with Gasteiger partial charge in [0, 0.05) is 17.7 Å². The first-order valence-corrected chi connectivity index (χ1v) is 8.90. The van der Waals surface area contributed by atoms with Gasteiger partial charge in [-0.1, -0.05) is 42.5 Å². The molecule has 1 heterocycles. The zero-order valence-corrected chi connectivity index (χ0v) is 15.0. The van der Waals surface area contributed by atoms with Crippen LogP contribution >= 0.6 is 0 Å². The zero-order valence-electron chi connectivity index (χ0n) is 15.0. The van der Waals surface area contributed by atoms with Crippen LogP contribution in [0.2, 0.25) is 0 Å². The van der Waals surface area contributed by atoms with Crippen molar-refractivity contribution in [3.05, 3.63) is 83.9 Å². The molecule has 140 valence electrons. The summed E-state index contributed by atoms with van der Waals surface area (Å²) in [5, 5.41) is 22.2. The molecule has 1 unspecified atom stereocenters. The Morgan fingerprint density at radius 3 is 2.54 bits per heavy atom. The summed E-state index contributed by atoms with van der Waals surface area (Å²) >= 11 is 0. The van der Waals surface area contributed by atoms with Crippen molar-refractivity contribution >= 4 is 16.9 Å². The fraction of sp³-hybridized carbons (Fsp3) is 0.0909. The first-order chi connectivity index (χ1) is 13.6. The van der Waals surface area contributed by atoms with E-state index in [2.05, 4.69) is 15.3 Å². The van der Waals surface area contributed by atoms with Crippen molar-refractivity contribution in [2.75, 3.05) is 6.54 Å². The van der Waals surface area contributed by atoms with Crippen LogP contribution in [0.1, 0.15) is 22.0 Å². The maximum Gasteiger partial charge on any atom is 0.251 e. The van der Waals surface area contributed by atoms with Gasteiger partial charge in [-0.25, -0.2) is 4.98 Å². The standard InChI is InChI=1S/C22H19N3O3/c26-17-9-6-14(7-10-17)20(27)13-23-22(28)16-8-11-18-19(12-16)25-21(24-18)15-4-2-1-3-5-15/h1-12,20,26-27H,13H2,(H,23,28)(H,24,25). The highest BCUT2D eigenvalue weighted by Crippen LogP contribution is 2.21. The van der Waals surface area contributed by atoms with Gasteiger partial charge in [0.2, 0.25) is 0 Å². The summed E-state index contributed by atoms with van der Waals surface area (Å²) in [5.74, 6) is 0.592. The number of amides is 1. The third kappa shape index (κ3) is 3.72. The maximum absolute atomic E-state index is 12.5. The number of rotatable bonds is 5. The number of aromatic amines is 1. The van der Waals surface area contributed by atoms with E-state index in [1.54, 1.807) is 30.3 Å². The fourth-order valence-electron chi connectivity index (χ4n) is 2.99. The summed E-state index contributed by atoms with van der Waals surface area (Å²) in [6.07, 6.45) is -0.856. The molecule has 0 saturated carbocycles. The molecule has 0 spiro atoms. The van der Waals surface area contributed by atoms with Crippen LogP contribution < -0.4 is 5.32 Å². The number of benzene rings is 3. The molecular weight excluding hydrogens is 354 g/mol. The molecule has 0 aliphatic rings. The minimum Gasteiger partial charge on any atom is -0.508 e. The Bertz CT molecular complexity index is 1110. The molecule has 0 fully saturated rings. The lowest BCUT2D eigenvalue weighted by Crippen LogP contribution is -2.28. The molecule has 0 aliphatic heterocycles. The van der Waals surface area contributed by atoms with E-state index in [4.69, 9.17) is 0 Å². The number of carbonyl (C=O) groups excluding carboxylic acids is 1. The van der Waals surface area contributed by atoms with E-state index in [9.17, 15) is 15.0 Å². The number of phenols is 1. The van der Waals surface area contributed by atoms with Gasteiger partial charge in [-0.2, -0.15) is 0 Å². The molecule has 4 aromatic rings. The van der Waals surface area contributed by atoms with Crippen LogP contribution in [0.5, 0.6) is 5.75 Å². The van der Waals surface area contributed by atoms with Gasteiger partial charge in [0.15, 0.2) is 0 Å². The number of hydrogen-bond acceptors (Lipinski definition) is 4. The Morgan fingerprint density at radius 1 is 1.04 bits per heavy atom. The van der Waals surface area contributed by atoms with Crippen LogP contribution in [0.4, 0.5) is 0 Å². The van der Waals surface area contributed by atoms with Gasteiger partial charge in [0.05, 0.1) is 17.1 Å². The predicted molar refractivity (Wildman–Crippen MR) is 107 cm³/mol. The molecule has 28 heavy (non-hydrogen) atoms. The number of nitrogens with one attached hydrogen (secondary N) is 2. The molecule has 4 rings (SSSR count). The Labute approximate surface area is 161 Å². The molecule has 0 aliphatic carbocycles. The number of phenolic OH excluding ortho intramolecular Hbond substituents is 1. The summed E-state index contributed by atoms with van der Waals surface area (Å²) in [6.45, 7) is 0.0693. The van der Waals surface area contributed by atoms with Crippen LogP contribution in [-0.2, 0) is 0 Å². The number of aromatic nitrogens is 2. The number of aromatic hydroxyl groups is 1. The first kappa shape index (κ1) is 17.8. The number of carbonyl (C=O) groups is 1. The number of aliphatic hydroxyl groups excluding tert-OH is 1. The quantitative estimate of drug-likeness (QED) is 0.431. The molecule has 3 aromatic carbocycles. The zero-order chi connectivity index (χ0) is 19.5. The molecule has 0 radical (unpaired) electrons. The molecule has 4 N–H and O–H groups in total. The molecule has 6 heteroatoms. The summed E-state index contributed by atoms with van der Waals surface area (Å²) in [7, 11) is 0. The molecule has 6 nitrogen and oxygen atoms in total. The van der Waals surface area contributed by atoms with Crippen molar-refractivity contribution in [1.29, 1.82) is 0 Å². The van der Waals surface area contributed by atoms with Crippen molar-refractivity contribution < 1.29 is 15.0 Å². The molecule has 1 aromatic heterocycles. The van der Waals surface area contributed by atoms with Gasteiger partial charge >= 0.3 is 0 Å². The third-order valence-corrected chi connectivity index (χ3v) is 4.53. The maximum atomic E-state index is 12.5. The first-order valence-electron chi connectivity index (χ1n) is 8.90. The highest BCUT2D eigenvalue weighted by atomic mass is 16.3. The number of hydrogen-bond donors (Lipinski definition) is 4. The Hall–Kier alpha value is -3.64. The number of H-pyrrole nitrogens is 1. The molecule has 1 atom stereocenters. The van der Waals surface area contributed by atoms with E-state index >= 15 is 0 Å². The van der Waals surface area contributed by atoms with Crippen molar-refractivity contribution in [1.82, 2.24) is 15.3 Å². The number of aliphatic hydroxyl groups is 1. The van der Waals surface area contributed by atoms with Crippen LogP contribution in [0.3, 0.4) is 0 Å². The topological polar surface area (TPSA) is 98.2 Å². The van der Waals surface area contributed by atoms with Crippen LogP contribution in [0.25, 0.3) is 22.4 Å². The van der Waals surface area contributed by atoms with Crippen LogP contribution in [-0.4, -0.2) is 32.6 Å². The molecule has 1 amide bonds. The number of imidazole rings is 1. The monoisotopic (exact) mass is 373 g/mol. The highest BCUT2D eigenvalue weighted by Gasteiger charge is 2.13. The smallest absolute Gasteiger partial charge is 0.251 e. The highest BCUT2D eigenvalue weighted by molar-refractivity contribution is 5.97. The predicted octanol–water partition coefficient (Wildman–Crippen LogP) is 3.40. The van der Waals surface area contributed by atoms with E-state index in [1.165, 1.54) is 12.1 Å². The lowest BCUT2D eigenvalue weighted by Gasteiger charge is -2.12. The Kier molecular flexibility index (Phi) is 4.78. The van der Waals surface area contributed by atoms with Gasteiger partial charge in [0.1, 0.15) is 11.6 Å². The lowest BCUT2D eigenvalue weighted by atomic mass is 10.1. The normalized spacial score (nSPS) is 12.0. The average Bonchev–Trinajstić information content (AvgIpc) is 3.16. The summed E-state index contributed by atoms with van der Waals surface area (Å²) in [6, 6.07) is 21.3. The second-order valence-electron chi connectivity index (χ2n) is 6.50. The second-order valence-corrected chi connectivity index (χ2v) is 6.50. The third-order valence-electron chi connectivity index (χ3n) is 4.53. The van der Waals surface area contributed by atoms with E-state index in [-0.39, 0.29) is 18.2 Å². The second kappa shape index (κ2) is 7.54.